The standard InChI is InChI=1S/C18H32O15/c1-4-7(21)9(23)11(25)17(29-4)33-15-13(27)14(6(3-20)30-16(15)28)32-18-12(26)10(24)8(22)5(2-19)31-18/h4-28H,2-3H2,1H3/t4-,5+,6+,7-,8+,9+,10-,11+,12+,13-,14+,15+,16?,17-,18-/m0/s1. The van der Waals surface area contributed by atoms with Crippen LogP contribution >= 0.6 is 0 Å². The van der Waals surface area contributed by atoms with Gasteiger partial charge in [0.05, 0.1) is 19.3 Å². The Labute approximate surface area is 187 Å². The van der Waals surface area contributed by atoms with Crippen molar-refractivity contribution in [2.24, 2.45) is 0 Å². The van der Waals surface area contributed by atoms with Gasteiger partial charge < -0.3 is 74.7 Å². The molecular weight excluding hydrogens is 456 g/mol. The van der Waals surface area contributed by atoms with Gasteiger partial charge in [-0.2, -0.15) is 0 Å². The van der Waals surface area contributed by atoms with Crippen LogP contribution < -0.4 is 0 Å². The van der Waals surface area contributed by atoms with E-state index in [4.69, 9.17) is 23.7 Å². The fourth-order valence-corrected chi connectivity index (χ4v) is 3.99. The van der Waals surface area contributed by atoms with E-state index < -0.39 is 105 Å². The monoisotopic (exact) mass is 488 g/mol. The van der Waals surface area contributed by atoms with Crippen LogP contribution in [-0.4, -0.2) is 156 Å². The molecule has 3 aliphatic heterocycles. The fourth-order valence-electron chi connectivity index (χ4n) is 3.99. The van der Waals surface area contributed by atoms with Crippen molar-refractivity contribution in [3.8, 4) is 0 Å². The molecule has 0 bridgehead atoms. The highest BCUT2D eigenvalue weighted by Crippen LogP contribution is 2.32. The third-order valence-corrected chi connectivity index (χ3v) is 6.05. The van der Waals surface area contributed by atoms with Crippen molar-refractivity contribution in [1.29, 1.82) is 0 Å². The van der Waals surface area contributed by atoms with E-state index in [-0.39, 0.29) is 0 Å². The first-order valence-electron chi connectivity index (χ1n) is 10.4. The van der Waals surface area contributed by atoms with Crippen molar-refractivity contribution in [2.75, 3.05) is 13.2 Å². The zero-order valence-corrected chi connectivity index (χ0v) is 17.6. The maximum Gasteiger partial charge on any atom is 0.187 e. The van der Waals surface area contributed by atoms with Crippen molar-refractivity contribution >= 4 is 0 Å². The second-order valence-electron chi connectivity index (χ2n) is 8.32. The molecule has 15 heteroatoms. The molecule has 33 heavy (non-hydrogen) atoms. The van der Waals surface area contributed by atoms with Crippen LogP contribution in [0.4, 0.5) is 0 Å². The van der Waals surface area contributed by atoms with Gasteiger partial charge in [0.25, 0.3) is 0 Å². The summed E-state index contributed by atoms with van der Waals surface area (Å²) in [6.45, 7) is -0.105. The van der Waals surface area contributed by atoms with Gasteiger partial charge >= 0.3 is 0 Å². The van der Waals surface area contributed by atoms with Crippen LogP contribution in [0.15, 0.2) is 0 Å². The van der Waals surface area contributed by atoms with Gasteiger partial charge in [-0.1, -0.05) is 0 Å². The smallest absolute Gasteiger partial charge is 0.187 e. The average molecular weight is 488 g/mol. The van der Waals surface area contributed by atoms with E-state index in [1.54, 1.807) is 0 Å². The first kappa shape index (κ1) is 27.0. The SMILES string of the molecule is C[C@@H]1O[C@@H](O[C@H]2C(O)O[C@H](CO)[C@@H](O[C@@H]3O[C@H](CO)[C@@H](O)[C@H](O)[C@H]3O)[C@@H]2O)[C@H](O)[C@H](O)[C@H]1O. The average Bonchev–Trinajstić information content (AvgIpc) is 2.79. The van der Waals surface area contributed by atoms with Crippen LogP contribution in [0.25, 0.3) is 0 Å². The minimum atomic E-state index is -1.86. The van der Waals surface area contributed by atoms with Crippen LogP contribution in [-0.2, 0) is 23.7 Å². The molecule has 0 aromatic heterocycles. The van der Waals surface area contributed by atoms with Crippen LogP contribution in [0.2, 0.25) is 0 Å². The first-order chi connectivity index (χ1) is 15.5. The van der Waals surface area contributed by atoms with E-state index in [9.17, 15) is 51.1 Å². The van der Waals surface area contributed by atoms with E-state index in [0.717, 1.165) is 0 Å². The third kappa shape index (κ3) is 5.32. The minimum absolute atomic E-state index is 0.730. The van der Waals surface area contributed by atoms with Gasteiger partial charge in [0.2, 0.25) is 0 Å². The summed E-state index contributed by atoms with van der Waals surface area (Å²) < 4.78 is 26.6. The zero-order chi connectivity index (χ0) is 24.6. The van der Waals surface area contributed by atoms with Crippen LogP contribution in [0.1, 0.15) is 6.92 Å². The molecular formula is C18H32O15. The Bertz CT molecular complexity index is 624. The normalized spacial score (nSPS) is 53.7. The molecule has 0 aromatic carbocycles. The molecule has 0 radical (unpaired) electrons. The molecule has 3 saturated heterocycles. The summed E-state index contributed by atoms with van der Waals surface area (Å²) in [4.78, 5) is 0. The summed E-state index contributed by atoms with van der Waals surface area (Å²) >= 11 is 0. The molecule has 3 aliphatic rings. The predicted octanol–water partition coefficient (Wildman–Crippen LogP) is -6.55. The van der Waals surface area contributed by atoms with Gasteiger partial charge in [0.15, 0.2) is 18.9 Å². The molecule has 0 aliphatic carbocycles. The highest BCUT2D eigenvalue weighted by molar-refractivity contribution is 4.95. The topological polar surface area (TPSA) is 248 Å². The Morgan fingerprint density at radius 2 is 1.06 bits per heavy atom. The Morgan fingerprint density at radius 3 is 1.64 bits per heavy atom. The van der Waals surface area contributed by atoms with Crippen LogP contribution in [0.3, 0.4) is 0 Å². The molecule has 0 aromatic rings. The van der Waals surface area contributed by atoms with Gasteiger partial charge in [-0.05, 0) is 6.92 Å². The van der Waals surface area contributed by atoms with Gasteiger partial charge in [0, 0.05) is 0 Å². The highest BCUT2D eigenvalue weighted by atomic mass is 16.8. The van der Waals surface area contributed by atoms with Gasteiger partial charge in [-0.3, -0.25) is 0 Å². The molecule has 1 unspecified atom stereocenters. The summed E-state index contributed by atoms with van der Waals surface area (Å²) in [6, 6.07) is 0. The van der Waals surface area contributed by atoms with Gasteiger partial charge in [0.1, 0.15) is 67.1 Å². The second kappa shape index (κ2) is 11.0. The molecule has 3 heterocycles. The number of aliphatic hydroxyl groups excluding tert-OH is 10. The van der Waals surface area contributed by atoms with Crippen molar-refractivity contribution < 1.29 is 74.7 Å². The van der Waals surface area contributed by atoms with Gasteiger partial charge in [-0.15, -0.1) is 0 Å². The summed E-state index contributed by atoms with van der Waals surface area (Å²) in [5.41, 5.74) is 0. The van der Waals surface area contributed by atoms with Gasteiger partial charge in [-0.25, -0.2) is 0 Å². The Hall–Kier alpha value is -0.600. The van der Waals surface area contributed by atoms with E-state index in [1.807, 2.05) is 0 Å². The lowest BCUT2D eigenvalue weighted by molar-refractivity contribution is -0.381. The number of hydrogen-bond donors (Lipinski definition) is 10. The van der Waals surface area contributed by atoms with E-state index in [1.165, 1.54) is 6.92 Å². The molecule has 10 N–H and O–H groups in total. The summed E-state index contributed by atoms with van der Waals surface area (Å²) in [5, 5.41) is 99.8. The van der Waals surface area contributed by atoms with Crippen molar-refractivity contribution in [2.45, 2.75) is 99.0 Å². The zero-order valence-electron chi connectivity index (χ0n) is 17.6. The van der Waals surface area contributed by atoms with Crippen molar-refractivity contribution in [3.63, 3.8) is 0 Å². The molecule has 0 saturated carbocycles. The first-order valence-corrected chi connectivity index (χ1v) is 10.4. The van der Waals surface area contributed by atoms with Crippen LogP contribution in [0, 0.1) is 0 Å². The second-order valence-corrected chi connectivity index (χ2v) is 8.32. The lowest BCUT2D eigenvalue weighted by Gasteiger charge is -2.47. The number of aliphatic hydroxyl groups is 10. The van der Waals surface area contributed by atoms with E-state index in [0.29, 0.717) is 0 Å². The Morgan fingerprint density at radius 1 is 0.545 bits per heavy atom. The lowest BCUT2D eigenvalue weighted by atomic mass is 9.96. The molecule has 3 rings (SSSR count). The summed E-state index contributed by atoms with van der Waals surface area (Å²) in [6.07, 6.45) is -23.9. The molecule has 3 fully saturated rings. The molecule has 0 spiro atoms. The Balaban J connectivity index is 1.75. The fraction of sp³-hybridized carbons (Fsp3) is 1.00. The summed E-state index contributed by atoms with van der Waals surface area (Å²) in [5.74, 6) is 0. The maximum absolute atomic E-state index is 10.8. The molecule has 194 valence electrons. The molecule has 0 amide bonds. The van der Waals surface area contributed by atoms with Crippen molar-refractivity contribution in [1.82, 2.24) is 0 Å². The van der Waals surface area contributed by atoms with E-state index in [2.05, 4.69) is 0 Å². The molecule has 15 atom stereocenters. The quantitative estimate of drug-likeness (QED) is 0.167. The lowest BCUT2D eigenvalue weighted by Crippen LogP contribution is -2.66. The number of rotatable bonds is 6. The Kier molecular flexibility index (Phi) is 8.99. The van der Waals surface area contributed by atoms with E-state index >= 15 is 0 Å². The minimum Gasteiger partial charge on any atom is -0.394 e. The van der Waals surface area contributed by atoms with Crippen LogP contribution in [0.5, 0.6) is 0 Å². The number of hydrogen-bond acceptors (Lipinski definition) is 15. The third-order valence-electron chi connectivity index (χ3n) is 6.05. The molecule has 15 nitrogen and oxygen atoms in total. The highest BCUT2D eigenvalue weighted by Gasteiger charge is 2.53. The maximum atomic E-state index is 10.8. The predicted molar refractivity (Wildman–Crippen MR) is 99.8 cm³/mol. The van der Waals surface area contributed by atoms with Crippen molar-refractivity contribution in [3.05, 3.63) is 0 Å². The number of ether oxygens (including phenoxy) is 5. The summed E-state index contributed by atoms with van der Waals surface area (Å²) in [7, 11) is 0. The largest absolute Gasteiger partial charge is 0.394 e.